The van der Waals surface area contributed by atoms with Crippen molar-refractivity contribution in [2.75, 3.05) is 19.6 Å². The monoisotopic (exact) mass is 448 g/mol. The predicted octanol–water partition coefficient (Wildman–Crippen LogP) is 3.27. The van der Waals surface area contributed by atoms with Crippen LogP contribution >= 0.6 is 15.9 Å². The Kier molecular flexibility index (Phi) is 6.25. The van der Waals surface area contributed by atoms with Crippen molar-refractivity contribution in [1.29, 1.82) is 0 Å². The number of nitrogens with zero attached hydrogens (tertiary/aromatic N) is 3. The Morgan fingerprint density at radius 3 is 2.79 bits per heavy atom. The number of likely N-dealkylation sites (N-methyl/N-ethyl adjacent to an activating group) is 1. The number of rotatable bonds is 5. The van der Waals surface area contributed by atoms with Gasteiger partial charge in [0.05, 0.1) is 11.1 Å². The number of likely N-dealkylation sites (tertiary alicyclic amines) is 1. The average molecular weight is 449 g/mol. The second-order valence-electron chi connectivity index (χ2n) is 8.27. The maximum absolute atomic E-state index is 12.9. The molecule has 28 heavy (non-hydrogen) atoms. The number of piperidine rings is 1. The number of amides is 1. The first kappa shape index (κ1) is 21.0. The molecule has 0 bridgehead atoms. The number of carbonyl (C=O) groups excluding carboxylic acids is 1. The van der Waals surface area contributed by atoms with Gasteiger partial charge < -0.3 is 10.2 Å². The molecule has 0 spiro atoms. The molecular weight excluding hydrogens is 420 g/mol. The molecule has 1 aliphatic rings. The van der Waals surface area contributed by atoms with Gasteiger partial charge in [0, 0.05) is 21.9 Å². The highest BCUT2D eigenvalue weighted by Gasteiger charge is 2.32. The first-order valence-corrected chi connectivity index (χ1v) is 10.8. The Labute approximate surface area is 174 Å². The van der Waals surface area contributed by atoms with E-state index in [1.165, 1.54) is 4.68 Å². The van der Waals surface area contributed by atoms with E-state index >= 15 is 0 Å². The molecule has 2 heterocycles. The van der Waals surface area contributed by atoms with Gasteiger partial charge in [0.1, 0.15) is 6.54 Å². The summed E-state index contributed by atoms with van der Waals surface area (Å²) in [5, 5.41) is 9.12. The van der Waals surface area contributed by atoms with Crippen molar-refractivity contribution in [3.05, 3.63) is 38.7 Å². The molecule has 1 atom stereocenters. The van der Waals surface area contributed by atoms with Gasteiger partial charge in [-0.3, -0.25) is 9.59 Å². The molecule has 0 saturated carbocycles. The van der Waals surface area contributed by atoms with Crippen LogP contribution in [-0.2, 0) is 11.3 Å². The molecule has 6 nitrogen and oxygen atoms in total. The Balaban J connectivity index is 1.88. The van der Waals surface area contributed by atoms with Crippen molar-refractivity contribution in [3.63, 3.8) is 0 Å². The van der Waals surface area contributed by atoms with Crippen LogP contribution in [0.3, 0.4) is 0 Å². The van der Waals surface area contributed by atoms with Crippen LogP contribution in [0.2, 0.25) is 0 Å². The smallest absolute Gasteiger partial charge is 0.275 e. The molecular formula is C21H29BrN4O2. The predicted molar refractivity (Wildman–Crippen MR) is 116 cm³/mol. The van der Waals surface area contributed by atoms with Crippen LogP contribution in [0.25, 0.3) is 10.8 Å². The fraction of sp³-hybridized carbons (Fsp3) is 0.571. The second kappa shape index (κ2) is 8.33. The van der Waals surface area contributed by atoms with Crippen LogP contribution < -0.4 is 10.9 Å². The number of fused-ring (bicyclic) bond motifs is 1. The van der Waals surface area contributed by atoms with E-state index in [0.29, 0.717) is 5.39 Å². The Morgan fingerprint density at radius 1 is 1.36 bits per heavy atom. The average Bonchev–Trinajstić information content (AvgIpc) is 2.63. The van der Waals surface area contributed by atoms with Crippen molar-refractivity contribution in [1.82, 2.24) is 20.0 Å². The fourth-order valence-corrected chi connectivity index (χ4v) is 4.41. The van der Waals surface area contributed by atoms with Gasteiger partial charge in [-0.25, -0.2) is 4.68 Å². The molecule has 1 aliphatic heterocycles. The summed E-state index contributed by atoms with van der Waals surface area (Å²) in [6.45, 7) is 11.1. The largest absolute Gasteiger partial charge is 0.348 e. The number of benzene rings is 1. The summed E-state index contributed by atoms with van der Waals surface area (Å²) < 4.78 is 2.22. The zero-order chi connectivity index (χ0) is 20.5. The minimum absolute atomic E-state index is 0.0632. The van der Waals surface area contributed by atoms with Gasteiger partial charge in [-0.05, 0) is 57.0 Å². The van der Waals surface area contributed by atoms with Gasteiger partial charge in [-0.1, -0.05) is 36.7 Å². The van der Waals surface area contributed by atoms with Crippen LogP contribution in [0.1, 0.15) is 52.1 Å². The summed E-state index contributed by atoms with van der Waals surface area (Å²) in [4.78, 5) is 28.0. The normalized spacial score (nSPS) is 20.6. The maximum Gasteiger partial charge on any atom is 0.275 e. The highest BCUT2D eigenvalue weighted by atomic mass is 79.9. The number of hydrogen-bond acceptors (Lipinski definition) is 4. The van der Waals surface area contributed by atoms with E-state index in [1.807, 2.05) is 26.0 Å². The van der Waals surface area contributed by atoms with Gasteiger partial charge in [0.25, 0.3) is 5.56 Å². The van der Waals surface area contributed by atoms with E-state index in [9.17, 15) is 9.59 Å². The van der Waals surface area contributed by atoms with Crippen molar-refractivity contribution < 1.29 is 4.79 Å². The lowest BCUT2D eigenvalue weighted by molar-refractivity contribution is -0.124. The SMILES string of the molecule is CCN1CCCC(C)(NC(=O)Cn2nc(C(C)C)c3cc(Br)ccc3c2=O)C1. The quantitative estimate of drug-likeness (QED) is 0.761. The van der Waals surface area contributed by atoms with Crippen molar-refractivity contribution in [3.8, 4) is 0 Å². The molecule has 1 N–H and O–H groups in total. The van der Waals surface area contributed by atoms with E-state index < -0.39 is 0 Å². The molecule has 2 aromatic rings. The highest BCUT2D eigenvalue weighted by molar-refractivity contribution is 9.10. The third kappa shape index (κ3) is 4.46. The zero-order valence-electron chi connectivity index (χ0n) is 17.1. The van der Waals surface area contributed by atoms with Gasteiger partial charge in [-0.15, -0.1) is 0 Å². The number of hydrogen-bond donors (Lipinski definition) is 1. The van der Waals surface area contributed by atoms with E-state index in [0.717, 1.165) is 48.0 Å². The molecule has 1 amide bonds. The van der Waals surface area contributed by atoms with Crippen LogP contribution in [0.5, 0.6) is 0 Å². The van der Waals surface area contributed by atoms with Crippen LogP contribution in [-0.4, -0.2) is 45.8 Å². The summed E-state index contributed by atoms with van der Waals surface area (Å²) >= 11 is 3.47. The number of aromatic nitrogens is 2. The minimum Gasteiger partial charge on any atom is -0.348 e. The van der Waals surface area contributed by atoms with Gasteiger partial charge in [0.2, 0.25) is 5.91 Å². The molecule has 1 aromatic carbocycles. The summed E-state index contributed by atoms with van der Waals surface area (Å²) in [6.07, 6.45) is 2.01. The molecule has 1 unspecified atom stereocenters. The molecule has 1 saturated heterocycles. The van der Waals surface area contributed by atoms with E-state index in [1.54, 1.807) is 6.07 Å². The van der Waals surface area contributed by atoms with Crippen molar-refractivity contribution >= 4 is 32.6 Å². The highest BCUT2D eigenvalue weighted by Crippen LogP contribution is 2.24. The third-order valence-corrected chi connectivity index (χ3v) is 5.95. The van der Waals surface area contributed by atoms with Crippen molar-refractivity contribution in [2.24, 2.45) is 0 Å². The number of halogens is 1. The van der Waals surface area contributed by atoms with E-state index in [4.69, 9.17) is 0 Å². The lowest BCUT2D eigenvalue weighted by Gasteiger charge is -2.40. The second-order valence-corrected chi connectivity index (χ2v) is 9.19. The number of nitrogens with one attached hydrogen (secondary N) is 1. The lowest BCUT2D eigenvalue weighted by atomic mass is 9.91. The Hall–Kier alpha value is -1.73. The van der Waals surface area contributed by atoms with Gasteiger partial charge in [0.15, 0.2) is 0 Å². The summed E-state index contributed by atoms with van der Waals surface area (Å²) in [6, 6.07) is 5.57. The topological polar surface area (TPSA) is 67.2 Å². The van der Waals surface area contributed by atoms with E-state index in [2.05, 4.69) is 45.1 Å². The van der Waals surface area contributed by atoms with E-state index in [-0.39, 0.29) is 29.5 Å². The summed E-state index contributed by atoms with van der Waals surface area (Å²) in [7, 11) is 0. The molecule has 0 aliphatic carbocycles. The van der Waals surface area contributed by atoms with Crippen LogP contribution in [0.15, 0.2) is 27.5 Å². The van der Waals surface area contributed by atoms with Crippen LogP contribution in [0.4, 0.5) is 0 Å². The Bertz CT molecular complexity index is 940. The fourth-order valence-electron chi connectivity index (χ4n) is 4.05. The van der Waals surface area contributed by atoms with Crippen molar-refractivity contribution in [2.45, 2.75) is 58.5 Å². The zero-order valence-corrected chi connectivity index (χ0v) is 18.7. The third-order valence-electron chi connectivity index (χ3n) is 5.45. The molecule has 3 rings (SSSR count). The maximum atomic E-state index is 12.9. The number of carbonyl (C=O) groups is 1. The molecule has 7 heteroatoms. The van der Waals surface area contributed by atoms with Gasteiger partial charge >= 0.3 is 0 Å². The summed E-state index contributed by atoms with van der Waals surface area (Å²) in [5.74, 6) is -0.0260. The standard InChI is InChI=1S/C21H29BrN4O2/c1-5-25-10-6-9-21(4,13-25)23-18(27)12-26-20(28)16-8-7-15(22)11-17(16)19(24-26)14(2)3/h7-8,11,14H,5-6,9-10,12-13H2,1-4H3,(H,23,27). The molecule has 152 valence electrons. The van der Waals surface area contributed by atoms with Gasteiger partial charge in [-0.2, -0.15) is 5.10 Å². The first-order valence-electron chi connectivity index (χ1n) is 9.96. The van der Waals surface area contributed by atoms with Crippen LogP contribution in [0, 0.1) is 0 Å². The summed E-state index contributed by atoms with van der Waals surface area (Å²) in [5.41, 5.74) is 0.327. The lowest BCUT2D eigenvalue weighted by Crippen LogP contribution is -2.57. The first-order chi connectivity index (χ1) is 13.2. The molecule has 1 fully saturated rings. The Morgan fingerprint density at radius 2 is 2.11 bits per heavy atom. The molecule has 0 radical (unpaired) electrons. The molecule has 1 aromatic heterocycles. The minimum atomic E-state index is -0.266.